The van der Waals surface area contributed by atoms with E-state index in [2.05, 4.69) is 26.8 Å². The first-order chi connectivity index (χ1) is 9.47. The molecule has 0 saturated carbocycles. The van der Waals surface area contributed by atoms with Crippen LogP contribution in [0.5, 0.6) is 11.5 Å². The van der Waals surface area contributed by atoms with Crippen molar-refractivity contribution in [2.75, 3.05) is 5.73 Å². The van der Waals surface area contributed by atoms with E-state index in [0.29, 0.717) is 6.61 Å². The molecule has 20 heavy (non-hydrogen) atoms. The second-order valence-corrected chi connectivity index (χ2v) is 5.69. The minimum absolute atomic E-state index is 0.250. The molecule has 1 aliphatic rings. The Labute approximate surface area is 119 Å². The molecular weight excluding hydrogens is 250 g/mol. The Kier molecular flexibility index (Phi) is 2.94. The quantitative estimate of drug-likeness (QED) is 0.833. The fraction of sp³-hybridized carbons (Fsp3) is 0.294. The van der Waals surface area contributed by atoms with E-state index in [1.54, 1.807) is 0 Å². The van der Waals surface area contributed by atoms with Crippen molar-refractivity contribution >= 4 is 5.69 Å². The predicted molar refractivity (Wildman–Crippen MR) is 79.9 cm³/mol. The summed E-state index contributed by atoms with van der Waals surface area (Å²) >= 11 is 0. The van der Waals surface area contributed by atoms with Gasteiger partial charge in [0.1, 0.15) is 11.5 Å². The van der Waals surface area contributed by atoms with Crippen molar-refractivity contribution in [3.63, 3.8) is 0 Å². The summed E-state index contributed by atoms with van der Waals surface area (Å²) in [5, 5.41) is 0. The van der Waals surface area contributed by atoms with Crippen molar-refractivity contribution in [1.82, 2.24) is 0 Å². The van der Waals surface area contributed by atoms with Gasteiger partial charge in [0.25, 0.3) is 0 Å². The number of anilines is 1. The predicted octanol–water partition coefficient (Wildman–Crippen LogP) is 4.13. The molecule has 0 spiro atoms. The van der Waals surface area contributed by atoms with Crippen LogP contribution in [0.2, 0.25) is 0 Å². The number of hydrogen-bond donors (Lipinski definition) is 1. The second kappa shape index (κ2) is 4.53. The Morgan fingerprint density at radius 1 is 1.10 bits per heavy atom. The van der Waals surface area contributed by atoms with E-state index in [9.17, 15) is 0 Å². The third-order valence-corrected chi connectivity index (χ3v) is 3.80. The Bertz CT molecular complexity index is 645. The Hall–Kier alpha value is -2.00. The Morgan fingerprint density at radius 2 is 1.80 bits per heavy atom. The van der Waals surface area contributed by atoms with Crippen LogP contribution in [0.3, 0.4) is 0 Å². The first-order valence-corrected chi connectivity index (χ1v) is 6.78. The van der Waals surface area contributed by atoms with E-state index in [-0.39, 0.29) is 5.60 Å². The molecule has 2 aromatic carbocycles. The van der Waals surface area contributed by atoms with Gasteiger partial charge >= 0.3 is 0 Å². The van der Waals surface area contributed by atoms with Gasteiger partial charge in [-0.1, -0.05) is 6.07 Å². The number of fused-ring (bicyclic) bond motifs is 1. The second-order valence-electron chi connectivity index (χ2n) is 5.69. The normalized spacial score (nSPS) is 15.9. The lowest BCUT2D eigenvalue weighted by molar-refractivity contribution is -0.00825. The van der Waals surface area contributed by atoms with Gasteiger partial charge in [0, 0.05) is 5.69 Å². The highest BCUT2D eigenvalue weighted by atomic mass is 16.5. The van der Waals surface area contributed by atoms with Crippen LogP contribution in [0.25, 0.3) is 0 Å². The van der Waals surface area contributed by atoms with Gasteiger partial charge in [0.15, 0.2) is 0 Å². The molecule has 2 aromatic rings. The zero-order valence-corrected chi connectivity index (χ0v) is 12.1. The summed E-state index contributed by atoms with van der Waals surface area (Å²) in [5.74, 6) is 1.66. The summed E-state index contributed by atoms with van der Waals surface area (Å²) < 4.78 is 11.8. The Balaban J connectivity index is 1.98. The van der Waals surface area contributed by atoms with E-state index in [1.807, 2.05) is 30.3 Å². The molecular formula is C17H19NO2. The average Bonchev–Trinajstić information content (AvgIpc) is 2.72. The molecule has 0 fully saturated rings. The molecule has 0 unspecified atom stereocenters. The molecule has 0 amide bonds. The van der Waals surface area contributed by atoms with Gasteiger partial charge in [-0.3, -0.25) is 0 Å². The lowest BCUT2D eigenvalue weighted by Gasteiger charge is -2.22. The molecule has 0 bridgehead atoms. The molecule has 2 N–H and O–H groups in total. The fourth-order valence-electron chi connectivity index (χ4n) is 2.81. The zero-order valence-electron chi connectivity index (χ0n) is 12.1. The monoisotopic (exact) mass is 269 g/mol. The first-order valence-electron chi connectivity index (χ1n) is 6.78. The van der Waals surface area contributed by atoms with E-state index < -0.39 is 0 Å². The molecule has 1 heterocycles. The molecule has 0 atom stereocenters. The van der Waals surface area contributed by atoms with Gasteiger partial charge < -0.3 is 15.2 Å². The van der Waals surface area contributed by atoms with E-state index in [4.69, 9.17) is 15.2 Å². The lowest BCUT2D eigenvalue weighted by Crippen LogP contribution is -2.16. The summed E-state index contributed by atoms with van der Waals surface area (Å²) in [6, 6.07) is 11.5. The minimum atomic E-state index is -0.250. The van der Waals surface area contributed by atoms with Crippen LogP contribution in [0.15, 0.2) is 36.4 Å². The van der Waals surface area contributed by atoms with E-state index in [1.165, 1.54) is 11.1 Å². The van der Waals surface area contributed by atoms with Crippen LogP contribution in [0.4, 0.5) is 5.69 Å². The highest BCUT2D eigenvalue weighted by Crippen LogP contribution is 2.42. The van der Waals surface area contributed by atoms with Crippen LogP contribution in [-0.2, 0) is 16.9 Å². The van der Waals surface area contributed by atoms with Crippen LogP contribution < -0.4 is 10.5 Å². The van der Waals surface area contributed by atoms with E-state index >= 15 is 0 Å². The standard InChI is InChI=1S/C17H19NO2/c1-11-15(20-14-7-5-13(18)6-8-14)9-4-12-10-19-17(2,3)16(11)12/h4-9H,10,18H2,1-3H3. The molecule has 104 valence electrons. The van der Waals surface area contributed by atoms with Crippen molar-refractivity contribution in [3.05, 3.63) is 53.1 Å². The van der Waals surface area contributed by atoms with Gasteiger partial charge in [0.05, 0.1) is 12.2 Å². The number of nitrogens with two attached hydrogens (primary N) is 1. The maximum atomic E-state index is 5.97. The zero-order chi connectivity index (χ0) is 14.3. The van der Waals surface area contributed by atoms with Crippen LogP contribution in [-0.4, -0.2) is 0 Å². The maximum Gasteiger partial charge on any atom is 0.130 e. The van der Waals surface area contributed by atoms with Crippen LogP contribution in [0.1, 0.15) is 30.5 Å². The summed E-state index contributed by atoms with van der Waals surface area (Å²) in [6.45, 7) is 6.95. The van der Waals surface area contributed by atoms with Crippen molar-refractivity contribution in [1.29, 1.82) is 0 Å². The van der Waals surface area contributed by atoms with Gasteiger partial charge in [-0.2, -0.15) is 0 Å². The molecule has 0 radical (unpaired) electrons. The van der Waals surface area contributed by atoms with Gasteiger partial charge in [-0.05, 0) is 67.8 Å². The highest BCUT2D eigenvalue weighted by Gasteiger charge is 2.33. The average molecular weight is 269 g/mol. The molecule has 3 nitrogen and oxygen atoms in total. The summed E-state index contributed by atoms with van der Waals surface area (Å²) in [4.78, 5) is 0. The van der Waals surface area contributed by atoms with Gasteiger partial charge in [-0.15, -0.1) is 0 Å². The highest BCUT2D eigenvalue weighted by molar-refractivity contribution is 5.50. The van der Waals surface area contributed by atoms with Gasteiger partial charge in [0.2, 0.25) is 0 Å². The third-order valence-electron chi connectivity index (χ3n) is 3.80. The number of benzene rings is 2. The third kappa shape index (κ3) is 2.14. The van der Waals surface area contributed by atoms with Crippen molar-refractivity contribution < 1.29 is 9.47 Å². The van der Waals surface area contributed by atoms with E-state index in [0.717, 1.165) is 22.7 Å². The van der Waals surface area contributed by atoms with Crippen molar-refractivity contribution in [2.45, 2.75) is 33.0 Å². The summed E-state index contributed by atoms with van der Waals surface area (Å²) in [7, 11) is 0. The number of rotatable bonds is 2. The summed E-state index contributed by atoms with van der Waals surface area (Å²) in [5.41, 5.74) is 9.80. The molecule has 0 aliphatic carbocycles. The van der Waals surface area contributed by atoms with Crippen molar-refractivity contribution in [3.8, 4) is 11.5 Å². The smallest absolute Gasteiger partial charge is 0.130 e. The molecule has 1 aliphatic heterocycles. The summed E-state index contributed by atoms with van der Waals surface area (Å²) in [6.07, 6.45) is 0. The minimum Gasteiger partial charge on any atom is -0.457 e. The number of ether oxygens (including phenoxy) is 2. The number of hydrogen-bond acceptors (Lipinski definition) is 3. The first kappa shape index (κ1) is 13.0. The number of nitrogen functional groups attached to an aromatic ring is 1. The maximum absolute atomic E-state index is 5.97. The molecule has 3 rings (SSSR count). The largest absolute Gasteiger partial charge is 0.457 e. The molecule has 3 heteroatoms. The van der Waals surface area contributed by atoms with Gasteiger partial charge in [-0.25, -0.2) is 0 Å². The molecule has 0 aromatic heterocycles. The SMILES string of the molecule is Cc1c(Oc2ccc(N)cc2)ccc2c1C(C)(C)OC2. The molecule has 0 saturated heterocycles. The Morgan fingerprint density at radius 3 is 2.50 bits per heavy atom. The van der Waals surface area contributed by atoms with Crippen molar-refractivity contribution in [2.24, 2.45) is 0 Å². The fourth-order valence-corrected chi connectivity index (χ4v) is 2.81. The topological polar surface area (TPSA) is 44.5 Å². The lowest BCUT2D eigenvalue weighted by atomic mass is 9.91. The van der Waals surface area contributed by atoms with Crippen LogP contribution >= 0.6 is 0 Å². The van der Waals surface area contributed by atoms with Crippen LogP contribution in [0, 0.1) is 6.92 Å².